The molecule has 0 bridgehead atoms. The lowest BCUT2D eigenvalue weighted by atomic mass is 9.99. The number of aliphatic hydroxyl groups excluding tert-OH is 1. The van der Waals surface area contributed by atoms with Crippen LogP contribution in [0, 0.1) is 5.82 Å². The van der Waals surface area contributed by atoms with Crippen molar-refractivity contribution in [2.24, 2.45) is 0 Å². The van der Waals surface area contributed by atoms with Gasteiger partial charge in [-0.1, -0.05) is 17.7 Å². The van der Waals surface area contributed by atoms with Crippen molar-refractivity contribution in [3.05, 3.63) is 86.8 Å². The van der Waals surface area contributed by atoms with E-state index in [1.807, 2.05) is 0 Å². The first-order chi connectivity index (χ1) is 14.4. The van der Waals surface area contributed by atoms with Crippen LogP contribution in [0.4, 0.5) is 10.1 Å². The minimum absolute atomic E-state index is 0.00633. The zero-order chi connectivity index (χ0) is 21.4. The molecule has 8 heteroatoms. The van der Waals surface area contributed by atoms with Crippen molar-refractivity contribution in [2.75, 3.05) is 12.0 Å². The van der Waals surface area contributed by atoms with Crippen LogP contribution in [0.15, 0.2) is 65.6 Å². The summed E-state index contributed by atoms with van der Waals surface area (Å²) in [7, 11) is 1.37. The van der Waals surface area contributed by atoms with Gasteiger partial charge in [-0.3, -0.25) is 14.5 Å². The molecule has 0 aliphatic carbocycles. The third-order valence-electron chi connectivity index (χ3n) is 4.78. The summed E-state index contributed by atoms with van der Waals surface area (Å²) >= 11 is 7.29. The summed E-state index contributed by atoms with van der Waals surface area (Å²) in [6.07, 6.45) is 0. The third kappa shape index (κ3) is 3.36. The van der Waals surface area contributed by atoms with Crippen LogP contribution in [0.3, 0.4) is 0 Å². The summed E-state index contributed by atoms with van der Waals surface area (Å²) in [5.74, 6) is -2.60. The zero-order valence-corrected chi connectivity index (χ0v) is 17.2. The first kappa shape index (κ1) is 20.1. The Bertz CT molecular complexity index is 1160. The van der Waals surface area contributed by atoms with E-state index in [-0.39, 0.29) is 16.9 Å². The first-order valence-electron chi connectivity index (χ1n) is 8.86. The molecule has 0 radical (unpaired) electrons. The van der Waals surface area contributed by atoms with E-state index in [0.717, 1.165) is 6.07 Å². The van der Waals surface area contributed by atoms with Crippen molar-refractivity contribution in [3.63, 3.8) is 0 Å². The van der Waals surface area contributed by atoms with E-state index < -0.39 is 29.3 Å². The molecule has 30 heavy (non-hydrogen) atoms. The number of halogens is 2. The predicted molar refractivity (Wildman–Crippen MR) is 114 cm³/mol. The molecule has 1 aliphatic rings. The Kier molecular flexibility index (Phi) is 5.32. The highest BCUT2D eigenvalue weighted by Gasteiger charge is 2.47. The number of methoxy groups -OCH3 is 1. The molecule has 1 aliphatic heterocycles. The second-order valence-electron chi connectivity index (χ2n) is 6.51. The number of rotatable bonds is 4. The number of ether oxygens (including phenoxy) is 1. The predicted octanol–water partition coefficient (Wildman–Crippen LogP) is 5.18. The number of ketones is 1. The molecule has 0 spiro atoms. The summed E-state index contributed by atoms with van der Waals surface area (Å²) in [4.78, 5) is 27.9. The van der Waals surface area contributed by atoms with Gasteiger partial charge >= 0.3 is 0 Å². The number of thiophene rings is 1. The number of anilines is 1. The van der Waals surface area contributed by atoms with Gasteiger partial charge in [0.2, 0.25) is 0 Å². The highest BCUT2D eigenvalue weighted by atomic mass is 35.5. The maximum Gasteiger partial charge on any atom is 0.300 e. The third-order valence-corrected chi connectivity index (χ3v) is 5.96. The second-order valence-corrected chi connectivity index (χ2v) is 7.92. The average molecular weight is 444 g/mol. The summed E-state index contributed by atoms with van der Waals surface area (Å²) in [6.45, 7) is 0. The van der Waals surface area contributed by atoms with Crippen LogP contribution in [0.1, 0.15) is 16.5 Å². The highest BCUT2D eigenvalue weighted by Crippen LogP contribution is 2.44. The highest BCUT2D eigenvalue weighted by molar-refractivity contribution is 7.10. The van der Waals surface area contributed by atoms with Crippen molar-refractivity contribution in [3.8, 4) is 5.75 Å². The minimum Gasteiger partial charge on any atom is -0.507 e. The van der Waals surface area contributed by atoms with Gasteiger partial charge < -0.3 is 9.84 Å². The number of carbonyl (C=O) groups is 2. The summed E-state index contributed by atoms with van der Waals surface area (Å²) in [6, 6.07) is 12.7. The maximum absolute atomic E-state index is 13.9. The van der Waals surface area contributed by atoms with E-state index in [9.17, 15) is 19.1 Å². The molecular formula is C22H15ClFNO4S. The molecule has 1 amide bonds. The van der Waals surface area contributed by atoms with Crippen molar-refractivity contribution >= 4 is 46.1 Å². The topological polar surface area (TPSA) is 66.8 Å². The number of Topliss-reactive ketones (excluding diaryl/α,β-unsaturated/α-hetero) is 1. The van der Waals surface area contributed by atoms with Gasteiger partial charge in [-0.2, -0.15) is 0 Å². The number of benzene rings is 2. The first-order valence-corrected chi connectivity index (χ1v) is 10.1. The maximum atomic E-state index is 13.9. The number of amides is 1. The molecule has 1 aromatic heterocycles. The van der Waals surface area contributed by atoms with Crippen LogP contribution in [0.5, 0.6) is 5.75 Å². The van der Waals surface area contributed by atoms with Crippen LogP contribution < -0.4 is 9.64 Å². The largest absolute Gasteiger partial charge is 0.507 e. The number of hydrogen-bond acceptors (Lipinski definition) is 5. The molecule has 1 N–H and O–H groups in total. The van der Waals surface area contributed by atoms with Crippen LogP contribution in [-0.4, -0.2) is 23.9 Å². The van der Waals surface area contributed by atoms with Crippen LogP contribution >= 0.6 is 22.9 Å². The molecular weight excluding hydrogens is 429 g/mol. The number of hydrogen-bond donors (Lipinski definition) is 1. The molecule has 4 rings (SSSR count). The standard InChI is InChI=1S/C22H15ClFNO4S/c1-29-16-9-6-13(24)11-15(16)20(26)18-19(17-3-2-10-30-17)25(22(28)21(18)27)14-7-4-12(23)5-8-14/h2-11,19,26H,1H3/b20-18-. The number of aliphatic hydroxyl groups is 1. The van der Waals surface area contributed by atoms with Gasteiger partial charge in [-0.25, -0.2) is 4.39 Å². The molecule has 152 valence electrons. The van der Waals surface area contributed by atoms with Crippen molar-refractivity contribution in [2.45, 2.75) is 6.04 Å². The molecule has 0 saturated carbocycles. The van der Waals surface area contributed by atoms with Gasteiger partial charge in [-0.15, -0.1) is 11.3 Å². The van der Waals surface area contributed by atoms with Gasteiger partial charge in [0.15, 0.2) is 0 Å². The van der Waals surface area contributed by atoms with Crippen LogP contribution in [-0.2, 0) is 9.59 Å². The fourth-order valence-electron chi connectivity index (χ4n) is 3.43. The van der Waals surface area contributed by atoms with Gasteiger partial charge in [0.1, 0.15) is 23.4 Å². The Morgan fingerprint density at radius 2 is 1.90 bits per heavy atom. The van der Waals surface area contributed by atoms with Crippen molar-refractivity contribution in [1.82, 2.24) is 0 Å². The Hall–Kier alpha value is -3.16. The zero-order valence-electron chi connectivity index (χ0n) is 15.6. The molecule has 2 aromatic carbocycles. The second kappa shape index (κ2) is 7.93. The van der Waals surface area contributed by atoms with Crippen molar-refractivity contribution < 1.29 is 23.8 Å². The Labute approximate surface area is 180 Å². The summed E-state index contributed by atoms with van der Waals surface area (Å²) in [5.41, 5.74) is 0.305. The number of nitrogens with zero attached hydrogens (tertiary/aromatic N) is 1. The monoisotopic (exact) mass is 443 g/mol. The average Bonchev–Trinajstić information content (AvgIpc) is 3.35. The van der Waals surface area contributed by atoms with E-state index >= 15 is 0 Å². The van der Waals surface area contributed by atoms with E-state index in [1.54, 1.807) is 41.8 Å². The fraction of sp³-hybridized carbons (Fsp3) is 0.0909. The van der Waals surface area contributed by atoms with Crippen LogP contribution in [0.25, 0.3) is 5.76 Å². The van der Waals surface area contributed by atoms with Crippen LogP contribution in [0.2, 0.25) is 5.02 Å². The van der Waals surface area contributed by atoms with E-state index in [0.29, 0.717) is 15.6 Å². The SMILES string of the molecule is COc1ccc(F)cc1/C(O)=C1/C(=O)C(=O)N(c2ccc(Cl)cc2)C1c1cccs1. The molecule has 5 nitrogen and oxygen atoms in total. The lowest BCUT2D eigenvalue weighted by molar-refractivity contribution is -0.132. The summed E-state index contributed by atoms with van der Waals surface area (Å²) in [5, 5.41) is 13.3. The molecule has 1 saturated heterocycles. The molecule has 1 atom stereocenters. The van der Waals surface area contributed by atoms with Gasteiger partial charge in [0.25, 0.3) is 11.7 Å². The Balaban J connectivity index is 1.95. The molecule has 3 aromatic rings. The smallest absolute Gasteiger partial charge is 0.300 e. The molecule has 1 unspecified atom stereocenters. The Morgan fingerprint density at radius 1 is 1.17 bits per heavy atom. The number of carbonyl (C=O) groups excluding carboxylic acids is 2. The lowest BCUT2D eigenvalue weighted by Gasteiger charge is -2.24. The molecule has 2 heterocycles. The fourth-order valence-corrected chi connectivity index (χ4v) is 4.38. The van der Waals surface area contributed by atoms with E-state index in [2.05, 4.69) is 0 Å². The minimum atomic E-state index is -0.876. The van der Waals surface area contributed by atoms with Gasteiger partial charge in [0, 0.05) is 15.6 Å². The van der Waals surface area contributed by atoms with Gasteiger partial charge in [0.05, 0.1) is 18.2 Å². The molecule has 1 fully saturated rings. The van der Waals surface area contributed by atoms with E-state index in [1.165, 1.54) is 35.5 Å². The van der Waals surface area contributed by atoms with E-state index in [4.69, 9.17) is 16.3 Å². The van der Waals surface area contributed by atoms with Gasteiger partial charge in [-0.05, 0) is 53.9 Å². The quantitative estimate of drug-likeness (QED) is 0.343. The van der Waals surface area contributed by atoms with Crippen molar-refractivity contribution in [1.29, 1.82) is 0 Å². The Morgan fingerprint density at radius 3 is 2.53 bits per heavy atom. The lowest BCUT2D eigenvalue weighted by Crippen LogP contribution is -2.29. The summed E-state index contributed by atoms with van der Waals surface area (Å²) < 4.78 is 19.1. The normalized spacial score (nSPS) is 18.1.